The molecular formula is C80H78F3N33O8S3. The standard InChI is InChI=1S/C21H22FN9O2.C20H19FN8O2S.C20H20N8O2S.C19H17FN8O2S/c1-11-6-15(21(33)30(10-11)17-4-5-29(3)28-17)25-16-8-18(23-2)31-19(27-16)12(9-24-31)20(32)26-14-7-13(14)22;1-10-8-23-20(32-10)28-5-3-4-13(19(28)31)25-15-7-16(22-2)29-17(27-15)11(9-24-29)18(30)26-14-6-12(14)21;1-11-9-22-20(31-11)27-7-3-4-14(19(27)30)25-15-8-16(21-2)28-17(26-15)13(10-23-28)18(29)24-12-5-6-12;1-21-15-8-14(24-12-3-2-5-27(18(12)30)19-22-4-6-31-19)26-16-10(9-23-28(15)16)17(29)25-13-7-11(13)20/h4-6,8-10,13-14,23H,7H2,1-3H3,(H,25,27)(H,26,32);3-5,7-9,12,14,22H,6H2,1-2H3,(H,25,27)(H,26,30);3-4,7-10,12,21H,5-6H2,1-2H3,(H,24,29)(H,25,26);2-6,8-9,11,13,21H,7H2,1H3,(H,24,26)(H,25,29)/t13-,14+;12-,14+;;11-,13+/m11.1/s1. The molecule has 0 saturated heterocycles. The fourth-order valence-corrected chi connectivity index (χ4v) is 15.3. The number of aromatic nitrogens is 21. The number of pyridine rings is 4. The lowest BCUT2D eigenvalue weighted by Crippen LogP contribution is -2.27. The van der Waals surface area contributed by atoms with E-state index in [1.54, 1.807) is 172 Å². The minimum atomic E-state index is -1.02. The first-order chi connectivity index (χ1) is 61.3. The van der Waals surface area contributed by atoms with Crippen LogP contribution >= 0.6 is 34.0 Å². The molecule has 16 aromatic heterocycles. The Bertz CT molecular complexity index is 7200. The third-order valence-corrected chi connectivity index (χ3v) is 22.7. The van der Waals surface area contributed by atoms with Gasteiger partial charge in [0.05, 0.1) is 42.9 Å². The average molecular weight is 1780 g/mol. The Hall–Kier alpha value is -15.6. The van der Waals surface area contributed by atoms with Gasteiger partial charge in [-0.25, -0.2) is 48.1 Å². The maximum Gasteiger partial charge on any atom is 0.280 e. The SMILES string of the molecule is CNc1cc(Nc2cc(C)cn(-c3ccn(C)n3)c2=O)nc2c(C(=O)N[C@H]3C[C@H]3F)cnn12.CNc1cc(Nc2cccn(-c3ncc(C)s3)c2=O)nc2c(C(=O)NC3CC3)cnn12.CNc1cc(Nc2cccn(-c3ncc(C)s3)c2=O)nc2c(C(=O)N[C@H]3C[C@H]3F)cnn12.CNc1cc(Nc2cccn(-c3nccs3)c2=O)nc2c(C(=O)N[C@H]3C[C@H]3F)cnn12. The zero-order valence-electron chi connectivity index (χ0n) is 68.5. The Morgan fingerprint density at radius 2 is 0.772 bits per heavy atom. The molecule has 4 saturated carbocycles. The number of carbonyl (C=O) groups is 4. The summed E-state index contributed by atoms with van der Waals surface area (Å²) in [6.45, 7) is 5.73. The van der Waals surface area contributed by atoms with Gasteiger partial charge in [0.1, 0.15) is 110 Å². The Kier molecular flexibility index (Phi) is 23.1. The number of nitrogens with one attached hydrogen (secondary N) is 12. The van der Waals surface area contributed by atoms with Crippen molar-refractivity contribution in [3.8, 4) is 21.2 Å². The van der Waals surface area contributed by atoms with Crippen molar-refractivity contribution in [2.45, 2.75) is 95.6 Å². The number of halogens is 3. The van der Waals surface area contributed by atoms with Crippen LogP contribution in [0.5, 0.6) is 0 Å². The van der Waals surface area contributed by atoms with Gasteiger partial charge >= 0.3 is 0 Å². The Labute approximate surface area is 726 Å². The third kappa shape index (κ3) is 17.9. The maximum atomic E-state index is 13.2. The molecule has 0 unspecified atom stereocenters. The highest BCUT2D eigenvalue weighted by molar-refractivity contribution is 7.14. The van der Waals surface area contributed by atoms with E-state index in [9.17, 15) is 51.5 Å². The van der Waals surface area contributed by atoms with E-state index in [2.05, 4.69) is 124 Å². The summed E-state index contributed by atoms with van der Waals surface area (Å²) < 4.78 is 53.1. The minimum Gasteiger partial charge on any atom is -0.373 e. The van der Waals surface area contributed by atoms with Crippen LogP contribution in [-0.4, -0.2) is 196 Å². The summed E-state index contributed by atoms with van der Waals surface area (Å²) in [5.41, 5.74) is 3.19. The summed E-state index contributed by atoms with van der Waals surface area (Å²) >= 11 is 4.19. The smallest absolute Gasteiger partial charge is 0.280 e. The molecule has 0 spiro atoms. The predicted molar refractivity (Wildman–Crippen MR) is 472 cm³/mol. The van der Waals surface area contributed by atoms with Gasteiger partial charge in [0.25, 0.3) is 45.9 Å². The number of alkyl halides is 3. The molecule has 127 heavy (non-hydrogen) atoms. The van der Waals surface area contributed by atoms with Gasteiger partial charge < -0.3 is 63.8 Å². The molecular weight excluding hydrogens is 1700 g/mol. The number of hydrogen-bond acceptors (Lipinski definition) is 31. The first-order valence-electron chi connectivity index (χ1n) is 39.5. The normalized spacial score (nSPS) is 16.4. The monoisotopic (exact) mass is 1780 g/mol. The maximum absolute atomic E-state index is 13.2. The number of aryl methyl sites for hydroxylation is 4. The molecule has 20 rings (SSSR count). The van der Waals surface area contributed by atoms with E-state index in [4.69, 9.17) is 0 Å². The number of hydrogen-bond donors (Lipinski definition) is 12. The second-order valence-electron chi connectivity index (χ2n) is 29.6. The molecule has 0 aliphatic heterocycles. The number of thiazole rings is 3. The van der Waals surface area contributed by atoms with E-state index >= 15 is 0 Å². The van der Waals surface area contributed by atoms with Gasteiger partial charge in [0.15, 0.2) is 43.8 Å². The fourth-order valence-electron chi connectivity index (χ4n) is 13.2. The van der Waals surface area contributed by atoms with E-state index in [1.165, 1.54) is 90.6 Å². The molecule has 4 amide bonds. The van der Waals surface area contributed by atoms with E-state index in [0.717, 1.165) is 28.2 Å². The van der Waals surface area contributed by atoms with Gasteiger partial charge in [-0.15, -0.1) is 34.0 Å². The number of anilines is 12. The van der Waals surface area contributed by atoms with Gasteiger partial charge in [-0.3, -0.25) is 61.3 Å². The van der Waals surface area contributed by atoms with Crippen LogP contribution in [0.3, 0.4) is 0 Å². The van der Waals surface area contributed by atoms with Crippen LogP contribution < -0.4 is 86.0 Å². The quantitative estimate of drug-likeness (QED) is 0.0272. The summed E-state index contributed by atoms with van der Waals surface area (Å²) in [4.78, 5) is 135. The Balaban J connectivity index is 0.000000119. The van der Waals surface area contributed by atoms with Gasteiger partial charge in [-0.2, -0.15) is 43.6 Å². The van der Waals surface area contributed by atoms with Crippen LogP contribution in [0.25, 0.3) is 43.8 Å². The molecule has 4 aliphatic rings. The molecule has 4 fully saturated rings. The largest absolute Gasteiger partial charge is 0.373 e. The van der Waals surface area contributed by atoms with E-state index in [-0.39, 0.29) is 67.8 Å². The zero-order valence-corrected chi connectivity index (χ0v) is 71.0. The zero-order chi connectivity index (χ0) is 88.7. The summed E-state index contributed by atoms with van der Waals surface area (Å²) in [7, 11) is 8.65. The van der Waals surface area contributed by atoms with Crippen LogP contribution in [0.2, 0.25) is 0 Å². The van der Waals surface area contributed by atoms with Crippen LogP contribution in [0.1, 0.15) is 88.9 Å². The van der Waals surface area contributed by atoms with Gasteiger partial charge in [-0.1, -0.05) is 0 Å². The van der Waals surface area contributed by atoms with Gasteiger partial charge in [-0.05, 0) is 81.6 Å². The minimum absolute atomic E-state index is 0.203. The van der Waals surface area contributed by atoms with Crippen molar-refractivity contribution in [1.82, 2.24) is 123 Å². The molecule has 16 heterocycles. The average Bonchev–Trinajstić information content (AvgIpc) is 1.66. The summed E-state index contributed by atoms with van der Waals surface area (Å²) in [6.07, 6.45) is 19.0. The molecule has 16 aromatic rings. The number of rotatable bonds is 24. The third-order valence-electron chi connectivity index (χ3n) is 20.1. The Morgan fingerprint density at radius 1 is 0.425 bits per heavy atom. The van der Waals surface area contributed by atoms with Gasteiger partial charge in [0, 0.05) is 156 Å². The highest BCUT2D eigenvalue weighted by Gasteiger charge is 2.42. The second kappa shape index (κ2) is 35.0. The molecule has 41 nitrogen and oxygen atoms in total. The summed E-state index contributed by atoms with van der Waals surface area (Å²) in [5, 5.41) is 59.9. The van der Waals surface area contributed by atoms with Crippen molar-refractivity contribution in [1.29, 1.82) is 0 Å². The van der Waals surface area contributed by atoms with Crippen molar-refractivity contribution in [3.63, 3.8) is 0 Å². The van der Waals surface area contributed by atoms with Crippen LogP contribution in [0, 0.1) is 20.8 Å². The number of fused-ring (bicyclic) bond motifs is 4. The summed E-state index contributed by atoms with van der Waals surface area (Å²) in [5.74, 6) is 2.68. The molecule has 4 aliphatic carbocycles. The van der Waals surface area contributed by atoms with E-state index < -0.39 is 54.4 Å². The highest BCUT2D eigenvalue weighted by Crippen LogP contribution is 2.32. The van der Waals surface area contributed by atoms with Crippen molar-refractivity contribution in [3.05, 3.63) is 232 Å². The topological polar surface area (TPSA) is 478 Å². The second-order valence-corrected chi connectivity index (χ2v) is 32.9. The molecule has 0 bridgehead atoms. The van der Waals surface area contributed by atoms with Crippen molar-refractivity contribution in [2.75, 3.05) is 70.7 Å². The Morgan fingerprint density at radius 3 is 1.08 bits per heavy atom. The molecule has 12 N–H and O–H groups in total. The predicted octanol–water partition coefficient (Wildman–Crippen LogP) is 8.10. The molecule has 0 aromatic carbocycles. The van der Waals surface area contributed by atoms with Crippen LogP contribution in [0.4, 0.5) is 82.5 Å². The lowest BCUT2D eigenvalue weighted by atomic mass is 10.2. The first kappa shape index (κ1) is 83.7. The van der Waals surface area contributed by atoms with Crippen molar-refractivity contribution < 1.29 is 32.3 Å². The van der Waals surface area contributed by atoms with Crippen molar-refractivity contribution >= 4 is 150 Å². The lowest BCUT2D eigenvalue weighted by Gasteiger charge is -2.12. The highest BCUT2D eigenvalue weighted by atomic mass is 32.1. The van der Waals surface area contributed by atoms with Crippen LogP contribution in [-0.2, 0) is 7.05 Å². The molecule has 47 heteroatoms. The number of nitrogens with zero attached hydrogens (tertiary/aromatic N) is 21. The van der Waals surface area contributed by atoms with E-state index in [0.29, 0.717) is 121 Å². The van der Waals surface area contributed by atoms with Crippen molar-refractivity contribution in [2.24, 2.45) is 7.05 Å². The van der Waals surface area contributed by atoms with Crippen LogP contribution in [0.15, 0.2) is 172 Å². The lowest BCUT2D eigenvalue weighted by molar-refractivity contribution is 0.0940. The van der Waals surface area contributed by atoms with E-state index in [1.807, 2.05) is 20.8 Å². The molecule has 650 valence electrons. The molecule has 6 atom stereocenters. The first-order valence-corrected chi connectivity index (χ1v) is 42.0. The van der Waals surface area contributed by atoms with Gasteiger partial charge in [0.2, 0.25) is 0 Å². The fraction of sp³-hybridized carbons (Fsp3) is 0.250. The number of amides is 4. The molecule has 0 radical (unpaired) electrons. The number of carbonyl (C=O) groups excluding carboxylic acids is 4. The summed E-state index contributed by atoms with van der Waals surface area (Å²) in [6, 6.07) is 19.2.